The predicted octanol–water partition coefficient (Wildman–Crippen LogP) is 4.45. The third-order valence-corrected chi connectivity index (χ3v) is 2.62. The first-order valence-electron chi connectivity index (χ1n) is 6.51. The van der Waals surface area contributed by atoms with Gasteiger partial charge >= 0.3 is 0 Å². The minimum Gasteiger partial charge on any atom is -0.487 e. The lowest BCUT2D eigenvalue weighted by molar-refractivity contribution is 0.353. The maximum absolute atomic E-state index is 5.71. The van der Waals surface area contributed by atoms with Crippen molar-refractivity contribution in [2.45, 2.75) is 33.1 Å². The molecule has 0 spiro atoms. The maximum Gasteiger partial charge on any atom is 0.138 e. The van der Waals surface area contributed by atoms with E-state index in [2.05, 4.69) is 32.3 Å². The van der Waals surface area contributed by atoms with Crippen LogP contribution in [0.4, 0.5) is 0 Å². The fraction of sp³-hybridized carbons (Fsp3) is 0.353. The van der Waals surface area contributed by atoms with E-state index in [9.17, 15) is 0 Å². The Morgan fingerprint density at radius 2 is 2.11 bits per heavy atom. The van der Waals surface area contributed by atoms with E-state index < -0.39 is 0 Å². The summed E-state index contributed by atoms with van der Waals surface area (Å²) in [6, 6.07) is 3.98. The number of pyridine rings is 1. The van der Waals surface area contributed by atoms with Crippen molar-refractivity contribution in [3.8, 4) is 5.75 Å². The van der Waals surface area contributed by atoms with Crippen LogP contribution in [-0.4, -0.2) is 11.6 Å². The van der Waals surface area contributed by atoms with Crippen LogP contribution in [0.25, 0.3) is 0 Å². The number of hydrogen-bond acceptors (Lipinski definition) is 2. The molecule has 2 nitrogen and oxygen atoms in total. The van der Waals surface area contributed by atoms with E-state index in [1.54, 1.807) is 12.3 Å². The van der Waals surface area contributed by atoms with Crippen LogP contribution in [0, 0.1) is 0 Å². The predicted molar refractivity (Wildman–Crippen MR) is 81.5 cm³/mol. The lowest BCUT2D eigenvalue weighted by Crippen LogP contribution is -2.13. The van der Waals surface area contributed by atoms with Gasteiger partial charge in [-0.2, -0.15) is 0 Å². The summed E-state index contributed by atoms with van der Waals surface area (Å²) in [4.78, 5) is 4.44. The molecule has 0 radical (unpaired) electrons. The Labute approximate surface area is 116 Å². The third-order valence-electron chi connectivity index (χ3n) is 2.62. The molecule has 0 amide bonds. The third kappa shape index (κ3) is 5.12. The number of aromatic nitrogens is 1. The lowest BCUT2D eigenvalue weighted by atomic mass is 9.92. The van der Waals surface area contributed by atoms with Crippen molar-refractivity contribution in [2.24, 2.45) is 0 Å². The highest BCUT2D eigenvalue weighted by Crippen LogP contribution is 2.21. The van der Waals surface area contributed by atoms with Gasteiger partial charge in [0, 0.05) is 11.1 Å². The molecule has 0 atom stereocenters. The quantitative estimate of drug-likeness (QED) is 0.727. The Morgan fingerprint density at radius 1 is 1.37 bits per heavy atom. The summed E-state index contributed by atoms with van der Waals surface area (Å²) in [5.74, 6) is 0.785. The van der Waals surface area contributed by atoms with E-state index in [0.29, 0.717) is 6.61 Å². The minimum absolute atomic E-state index is 0.0668. The molecule has 0 aliphatic rings. The van der Waals surface area contributed by atoms with Crippen molar-refractivity contribution < 1.29 is 4.74 Å². The van der Waals surface area contributed by atoms with E-state index in [0.717, 1.165) is 17.0 Å². The van der Waals surface area contributed by atoms with Crippen LogP contribution in [0.3, 0.4) is 0 Å². The molecular formula is C17H23NO. The lowest BCUT2D eigenvalue weighted by Gasteiger charge is -2.17. The molecule has 1 rings (SSSR count). The summed E-state index contributed by atoms with van der Waals surface area (Å²) in [6.45, 7) is 12.6. The molecule has 0 aliphatic carbocycles. The molecule has 0 saturated carbocycles. The zero-order chi connectivity index (χ0) is 14.3. The summed E-state index contributed by atoms with van der Waals surface area (Å²) in [7, 11) is 0. The topological polar surface area (TPSA) is 22.1 Å². The van der Waals surface area contributed by atoms with Crippen molar-refractivity contribution >= 4 is 0 Å². The first-order valence-corrected chi connectivity index (χ1v) is 6.51. The maximum atomic E-state index is 5.71. The molecule has 0 aromatic carbocycles. The molecule has 0 saturated heterocycles. The van der Waals surface area contributed by atoms with Crippen LogP contribution in [-0.2, 0) is 5.41 Å². The normalized spacial score (nSPS) is 12.7. The Bertz CT molecular complexity index is 461. The molecule has 1 heterocycles. The highest BCUT2D eigenvalue weighted by Gasteiger charge is 2.14. The number of rotatable bonds is 5. The Balaban J connectivity index is 2.68. The van der Waals surface area contributed by atoms with E-state index >= 15 is 0 Å². The average molecular weight is 257 g/mol. The van der Waals surface area contributed by atoms with E-state index in [1.165, 1.54) is 0 Å². The van der Waals surface area contributed by atoms with Crippen LogP contribution in [0.5, 0.6) is 5.75 Å². The summed E-state index contributed by atoms with van der Waals surface area (Å²) >= 11 is 0. The molecule has 0 unspecified atom stereocenters. The van der Waals surface area contributed by atoms with Crippen LogP contribution >= 0.6 is 0 Å². The van der Waals surface area contributed by atoms with Crippen LogP contribution in [0.2, 0.25) is 0 Å². The van der Waals surface area contributed by atoms with Gasteiger partial charge in [-0.3, -0.25) is 4.98 Å². The summed E-state index contributed by atoms with van der Waals surface area (Å²) in [6.07, 6.45) is 9.48. The molecule has 2 heteroatoms. The van der Waals surface area contributed by atoms with Gasteiger partial charge in [0.2, 0.25) is 0 Å². The van der Waals surface area contributed by atoms with Crippen LogP contribution < -0.4 is 4.74 Å². The van der Waals surface area contributed by atoms with E-state index in [-0.39, 0.29) is 5.41 Å². The molecule has 1 aromatic heterocycles. The zero-order valence-electron chi connectivity index (χ0n) is 12.3. The van der Waals surface area contributed by atoms with Gasteiger partial charge in [0.1, 0.15) is 12.4 Å². The van der Waals surface area contributed by atoms with Crippen molar-refractivity contribution in [3.05, 3.63) is 60.5 Å². The monoisotopic (exact) mass is 257 g/mol. The zero-order valence-corrected chi connectivity index (χ0v) is 12.3. The number of hydrogen-bond donors (Lipinski definition) is 0. The molecular weight excluding hydrogens is 234 g/mol. The number of nitrogens with zero attached hydrogens (tertiary/aromatic N) is 1. The van der Waals surface area contributed by atoms with Gasteiger partial charge < -0.3 is 4.74 Å². The molecule has 102 valence electrons. The van der Waals surface area contributed by atoms with Gasteiger partial charge in [0.25, 0.3) is 0 Å². The summed E-state index contributed by atoms with van der Waals surface area (Å²) < 4.78 is 5.71. The number of allylic oxidation sites excluding steroid dienone is 3. The minimum atomic E-state index is 0.0668. The molecule has 0 N–H and O–H groups in total. The SMILES string of the molecule is C=C/C=C(\C=C/C)COc1ccc(C(C)(C)C)nc1. The molecule has 1 aromatic rings. The first-order chi connectivity index (χ1) is 8.97. The highest BCUT2D eigenvalue weighted by atomic mass is 16.5. The second kappa shape index (κ2) is 6.93. The number of ether oxygens (including phenoxy) is 1. The van der Waals surface area contributed by atoms with Crippen molar-refractivity contribution in [1.29, 1.82) is 0 Å². The molecule has 0 aliphatic heterocycles. The van der Waals surface area contributed by atoms with Crippen molar-refractivity contribution in [3.63, 3.8) is 0 Å². The molecule has 0 fully saturated rings. The molecule has 0 bridgehead atoms. The second-order valence-corrected chi connectivity index (χ2v) is 5.40. The van der Waals surface area contributed by atoms with Crippen LogP contribution in [0.1, 0.15) is 33.4 Å². The van der Waals surface area contributed by atoms with Crippen molar-refractivity contribution in [2.75, 3.05) is 6.61 Å². The van der Waals surface area contributed by atoms with Gasteiger partial charge in [-0.05, 0) is 24.6 Å². The Morgan fingerprint density at radius 3 is 2.58 bits per heavy atom. The Kier molecular flexibility index (Phi) is 5.56. The van der Waals surface area contributed by atoms with Gasteiger partial charge in [0.15, 0.2) is 0 Å². The summed E-state index contributed by atoms with van der Waals surface area (Å²) in [5, 5.41) is 0. The highest BCUT2D eigenvalue weighted by molar-refractivity contribution is 5.27. The van der Waals surface area contributed by atoms with Crippen molar-refractivity contribution in [1.82, 2.24) is 4.98 Å². The van der Waals surface area contributed by atoms with E-state index in [1.807, 2.05) is 37.3 Å². The molecule has 19 heavy (non-hydrogen) atoms. The fourth-order valence-corrected chi connectivity index (χ4v) is 1.59. The van der Waals surface area contributed by atoms with E-state index in [4.69, 9.17) is 4.74 Å². The Hall–Kier alpha value is -1.83. The van der Waals surface area contributed by atoms with Gasteiger partial charge in [-0.1, -0.05) is 51.7 Å². The van der Waals surface area contributed by atoms with Gasteiger partial charge in [-0.15, -0.1) is 0 Å². The first kappa shape index (κ1) is 15.2. The van der Waals surface area contributed by atoms with Gasteiger partial charge in [0.05, 0.1) is 6.20 Å². The summed E-state index contributed by atoms with van der Waals surface area (Å²) in [5.41, 5.74) is 2.21. The van der Waals surface area contributed by atoms with Crippen LogP contribution in [0.15, 0.2) is 54.8 Å². The smallest absolute Gasteiger partial charge is 0.138 e. The largest absolute Gasteiger partial charge is 0.487 e. The second-order valence-electron chi connectivity index (χ2n) is 5.40. The average Bonchev–Trinajstić information content (AvgIpc) is 2.36. The van der Waals surface area contributed by atoms with Gasteiger partial charge in [-0.25, -0.2) is 0 Å². The fourth-order valence-electron chi connectivity index (χ4n) is 1.59. The standard InChI is InChI=1S/C17H23NO/c1-6-8-14(9-7-2)13-19-15-10-11-16(18-12-15)17(3,4)5/h6-12H,1,13H2,2-5H3/b9-7-,14-8+.